The summed E-state index contributed by atoms with van der Waals surface area (Å²) in [6, 6.07) is -0.548. The van der Waals surface area contributed by atoms with Gasteiger partial charge in [0.25, 0.3) is 5.91 Å². The highest BCUT2D eigenvalue weighted by Gasteiger charge is 2.43. The second-order valence-electron chi connectivity index (χ2n) is 11.7. The zero-order valence-corrected chi connectivity index (χ0v) is 22.9. The highest BCUT2D eigenvalue weighted by molar-refractivity contribution is 6.03. The Hall–Kier alpha value is -2.68. The van der Waals surface area contributed by atoms with Gasteiger partial charge >= 0.3 is 0 Å². The van der Waals surface area contributed by atoms with Gasteiger partial charge in [-0.15, -0.1) is 0 Å². The van der Waals surface area contributed by atoms with Crippen molar-refractivity contribution < 1.29 is 23.1 Å². The molecule has 1 aromatic heterocycles. The van der Waals surface area contributed by atoms with E-state index in [2.05, 4.69) is 25.2 Å². The number of piperazine rings is 1. The minimum atomic E-state index is -1.30. The molecule has 6 rings (SSSR count). The number of nitrogens with two attached hydrogens (primary N) is 1. The number of likely N-dealkylation sites (tertiary alicyclic amines) is 2. The van der Waals surface area contributed by atoms with E-state index in [0.29, 0.717) is 38.5 Å². The Kier molecular flexibility index (Phi) is 7.77. The van der Waals surface area contributed by atoms with Gasteiger partial charge in [0, 0.05) is 51.4 Å². The van der Waals surface area contributed by atoms with Gasteiger partial charge in [-0.1, -0.05) is 0 Å². The molecule has 14 heteroatoms. The van der Waals surface area contributed by atoms with Crippen molar-refractivity contribution >= 4 is 29.7 Å². The van der Waals surface area contributed by atoms with E-state index in [-0.39, 0.29) is 42.1 Å². The molecule has 1 aromatic rings. The third-order valence-electron chi connectivity index (χ3n) is 9.04. The first kappa shape index (κ1) is 27.5. The van der Waals surface area contributed by atoms with Gasteiger partial charge in [0.2, 0.25) is 5.91 Å². The monoisotopic (exact) mass is 563 g/mol. The Labute approximate surface area is 232 Å². The molecule has 4 saturated heterocycles. The maximum Gasteiger partial charge on any atom is 0.259 e. The molecule has 220 valence electrons. The summed E-state index contributed by atoms with van der Waals surface area (Å²) >= 11 is 0. The summed E-state index contributed by atoms with van der Waals surface area (Å²) in [5.74, 6) is -0.182. The van der Waals surface area contributed by atoms with Gasteiger partial charge in [-0.05, 0) is 33.0 Å². The van der Waals surface area contributed by atoms with E-state index in [1.165, 1.54) is 4.68 Å². The number of fused-ring (bicyclic) bond motifs is 1. The molecule has 0 spiro atoms. The average molecular weight is 564 g/mol. The standard InChI is InChI=1S/C26H39F2N9O3/c1-33-12-19(28)22(20(13-33)31-25(38)21-23(29)32-37-11-17(27)10-30-24(21)37)35-4-2-16(3-5-35)26(39)36-8-6-34(7-9-36)18-14-40-15-18/h10,16-20,22H,2-9,11-15H2,1H3,(H2,29,32)(H,31,38). The molecule has 0 bridgehead atoms. The second-order valence-corrected chi connectivity index (χ2v) is 11.7. The van der Waals surface area contributed by atoms with Crippen LogP contribution in [0.15, 0.2) is 4.99 Å². The molecule has 6 heterocycles. The largest absolute Gasteiger partial charge is 0.381 e. The molecule has 2 amide bonds. The van der Waals surface area contributed by atoms with Crippen molar-refractivity contribution in [2.24, 2.45) is 10.9 Å². The van der Waals surface area contributed by atoms with Crippen LogP contribution in [0.4, 0.5) is 20.4 Å². The van der Waals surface area contributed by atoms with Crippen LogP contribution in [-0.2, 0) is 16.1 Å². The van der Waals surface area contributed by atoms with Crippen molar-refractivity contribution in [2.75, 3.05) is 78.4 Å². The highest BCUT2D eigenvalue weighted by Crippen LogP contribution is 2.30. The average Bonchev–Trinajstić information content (AvgIpc) is 3.22. The number of alkyl halides is 2. The number of rotatable bonds is 5. The quantitative estimate of drug-likeness (QED) is 0.493. The van der Waals surface area contributed by atoms with Crippen LogP contribution >= 0.6 is 0 Å². The molecule has 0 aliphatic carbocycles. The topological polar surface area (TPSA) is 125 Å². The summed E-state index contributed by atoms with van der Waals surface area (Å²) < 4.78 is 35.9. The summed E-state index contributed by atoms with van der Waals surface area (Å²) in [5, 5.41) is 7.07. The Morgan fingerprint density at radius 1 is 1.02 bits per heavy atom. The molecule has 0 radical (unpaired) electrons. The highest BCUT2D eigenvalue weighted by atomic mass is 19.1. The number of aliphatic imine (C=N–C) groups is 1. The molecular weight excluding hydrogens is 524 g/mol. The van der Waals surface area contributed by atoms with Crippen molar-refractivity contribution in [3.8, 4) is 0 Å². The molecule has 0 saturated carbocycles. The number of ether oxygens (including phenoxy) is 1. The Balaban J connectivity index is 1.08. The zero-order chi connectivity index (χ0) is 28.0. The van der Waals surface area contributed by atoms with Crippen LogP contribution < -0.4 is 11.1 Å². The summed E-state index contributed by atoms with van der Waals surface area (Å²) in [6.07, 6.45) is -0.00975. The van der Waals surface area contributed by atoms with Crippen molar-refractivity contribution in [3.05, 3.63) is 5.56 Å². The molecule has 3 N–H and O–H groups in total. The third-order valence-corrected chi connectivity index (χ3v) is 9.04. The Morgan fingerprint density at radius 3 is 2.42 bits per heavy atom. The fraction of sp³-hybridized carbons (Fsp3) is 0.769. The van der Waals surface area contributed by atoms with Gasteiger partial charge in [-0.3, -0.25) is 19.4 Å². The first-order chi connectivity index (χ1) is 19.3. The minimum Gasteiger partial charge on any atom is -0.381 e. The predicted octanol–water partition coefficient (Wildman–Crippen LogP) is -0.475. The lowest BCUT2D eigenvalue weighted by molar-refractivity contribution is -0.141. The van der Waals surface area contributed by atoms with Gasteiger partial charge in [0.1, 0.15) is 11.7 Å². The first-order valence-electron chi connectivity index (χ1n) is 14.3. The molecule has 12 nitrogen and oxygen atoms in total. The minimum absolute atomic E-state index is 0.0301. The Bertz CT molecular complexity index is 1130. The van der Waals surface area contributed by atoms with Crippen LogP contribution in [0.3, 0.4) is 0 Å². The summed E-state index contributed by atoms with van der Waals surface area (Å²) in [4.78, 5) is 39.0. The molecule has 40 heavy (non-hydrogen) atoms. The fourth-order valence-corrected chi connectivity index (χ4v) is 6.79. The van der Waals surface area contributed by atoms with Crippen LogP contribution in [0.5, 0.6) is 0 Å². The summed E-state index contributed by atoms with van der Waals surface area (Å²) in [6.45, 7) is 6.65. The first-order valence-corrected chi connectivity index (χ1v) is 14.3. The Morgan fingerprint density at radius 2 is 1.75 bits per heavy atom. The number of carbonyl (C=O) groups is 2. The number of halogens is 2. The van der Waals surface area contributed by atoms with Gasteiger partial charge < -0.3 is 25.6 Å². The number of hydrogen-bond donors (Lipinski definition) is 2. The van der Waals surface area contributed by atoms with E-state index >= 15 is 4.39 Å². The molecule has 5 aliphatic rings. The summed E-state index contributed by atoms with van der Waals surface area (Å²) in [5.41, 5.74) is 6.10. The lowest BCUT2D eigenvalue weighted by atomic mass is 9.89. The van der Waals surface area contributed by atoms with Crippen LogP contribution in [0.25, 0.3) is 0 Å². The summed E-state index contributed by atoms with van der Waals surface area (Å²) in [7, 11) is 1.83. The number of amides is 2. The van der Waals surface area contributed by atoms with Gasteiger partial charge in [0.05, 0.1) is 37.9 Å². The van der Waals surface area contributed by atoms with Crippen molar-refractivity contribution in [1.82, 2.24) is 34.7 Å². The van der Waals surface area contributed by atoms with E-state index in [1.54, 1.807) is 0 Å². The number of nitrogens with zero attached hydrogens (tertiary/aromatic N) is 7. The van der Waals surface area contributed by atoms with Gasteiger partial charge in [0.15, 0.2) is 17.8 Å². The van der Waals surface area contributed by atoms with Gasteiger partial charge in [-0.25, -0.2) is 18.5 Å². The van der Waals surface area contributed by atoms with Crippen LogP contribution in [-0.4, -0.2) is 150 Å². The van der Waals surface area contributed by atoms with Crippen LogP contribution in [0, 0.1) is 5.92 Å². The fourth-order valence-electron chi connectivity index (χ4n) is 6.79. The smallest absolute Gasteiger partial charge is 0.259 e. The predicted molar refractivity (Wildman–Crippen MR) is 144 cm³/mol. The molecule has 4 atom stereocenters. The molecular formula is C26H39F2N9O3. The third kappa shape index (κ3) is 5.33. The van der Waals surface area contributed by atoms with E-state index in [0.717, 1.165) is 45.6 Å². The molecule has 4 unspecified atom stereocenters. The van der Waals surface area contributed by atoms with Crippen LogP contribution in [0.2, 0.25) is 0 Å². The number of likely N-dealkylation sites (N-methyl/N-ethyl adjacent to an activating group) is 1. The number of piperidine rings is 2. The van der Waals surface area contributed by atoms with Gasteiger partial charge in [-0.2, -0.15) is 5.10 Å². The lowest BCUT2D eigenvalue weighted by Gasteiger charge is -2.47. The number of anilines is 1. The number of carbonyl (C=O) groups excluding carboxylic acids is 2. The maximum absolute atomic E-state index is 15.6. The van der Waals surface area contributed by atoms with Crippen molar-refractivity contribution in [2.45, 2.75) is 49.9 Å². The zero-order valence-electron chi connectivity index (χ0n) is 22.9. The maximum atomic E-state index is 15.6. The van der Waals surface area contributed by atoms with E-state index in [4.69, 9.17) is 10.5 Å². The number of hydrogen-bond acceptors (Lipinski definition) is 9. The SMILES string of the molecule is CN1CC(F)C(N2CCC(C(=O)N3CCN(C4COC4)CC3)CC2)C(NC(=O)c2c(N)nn3c2N=CC(F)C3)C1. The van der Waals surface area contributed by atoms with Crippen LogP contribution in [0.1, 0.15) is 23.2 Å². The molecule has 0 aromatic carbocycles. The lowest BCUT2D eigenvalue weighted by Crippen LogP contribution is -2.66. The normalized spacial score (nSPS) is 31.1. The van der Waals surface area contributed by atoms with E-state index < -0.39 is 30.3 Å². The van der Waals surface area contributed by atoms with Crippen molar-refractivity contribution in [1.29, 1.82) is 0 Å². The number of nitrogens with one attached hydrogen (secondary N) is 1. The second kappa shape index (κ2) is 11.3. The van der Waals surface area contributed by atoms with E-state index in [1.807, 2.05) is 16.8 Å². The number of nitrogen functional groups attached to an aromatic ring is 1. The molecule has 5 aliphatic heterocycles. The van der Waals surface area contributed by atoms with E-state index in [9.17, 15) is 14.0 Å². The van der Waals surface area contributed by atoms with Crippen molar-refractivity contribution in [3.63, 3.8) is 0 Å². The number of aromatic nitrogens is 2. The molecule has 4 fully saturated rings.